The van der Waals surface area contributed by atoms with Crippen LogP contribution in [-0.2, 0) is 0 Å². The van der Waals surface area contributed by atoms with Gasteiger partial charge < -0.3 is 4.42 Å². The molecule has 47 heavy (non-hydrogen) atoms. The summed E-state index contributed by atoms with van der Waals surface area (Å²) in [6.45, 7) is 0. The number of furan rings is 1. The average Bonchev–Trinajstić information content (AvgIpc) is 3.53. The first-order chi connectivity index (χ1) is 23.3. The van der Waals surface area contributed by atoms with Gasteiger partial charge in [-0.2, -0.15) is 0 Å². The van der Waals surface area contributed by atoms with Crippen molar-refractivity contribution in [2.45, 2.75) is 0 Å². The zero-order chi connectivity index (χ0) is 30.9. The van der Waals surface area contributed by atoms with Gasteiger partial charge in [0.25, 0.3) is 0 Å². The van der Waals surface area contributed by atoms with E-state index in [2.05, 4.69) is 164 Å². The second kappa shape index (κ2) is 10.2. The fraction of sp³-hybridized carbons (Fsp3) is 0. The Balaban J connectivity index is 1.30. The second-order valence-corrected chi connectivity index (χ2v) is 12.4. The van der Waals surface area contributed by atoms with E-state index in [0.29, 0.717) is 0 Å². The van der Waals surface area contributed by atoms with Gasteiger partial charge in [0.2, 0.25) is 0 Å². The molecule has 0 saturated heterocycles. The van der Waals surface area contributed by atoms with Crippen LogP contribution < -0.4 is 0 Å². The molecule has 0 N–H and O–H groups in total. The summed E-state index contributed by atoms with van der Waals surface area (Å²) in [4.78, 5) is 0. The molecule has 1 heterocycles. The predicted octanol–water partition coefficient (Wildman–Crippen LogP) is 13.2. The summed E-state index contributed by atoms with van der Waals surface area (Å²) in [5.74, 6) is 0. The molecular weight excluding hydrogens is 569 g/mol. The van der Waals surface area contributed by atoms with Crippen molar-refractivity contribution in [3.05, 3.63) is 170 Å². The molecule has 0 unspecified atom stereocenters. The highest BCUT2D eigenvalue weighted by atomic mass is 16.3. The van der Waals surface area contributed by atoms with Gasteiger partial charge in [0.15, 0.2) is 0 Å². The predicted molar refractivity (Wildman–Crippen MR) is 200 cm³/mol. The monoisotopic (exact) mass is 596 g/mol. The smallest absolute Gasteiger partial charge is 0.143 e. The molecule has 218 valence electrons. The SMILES string of the molecule is c1ccc2c(-c3ccc(-c4c5ccccc5c(-c5cccc6c5oc5ccccc56)c5c4ccc4ccccc45)cc3)cccc2c1. The van der Waals surface area contributed by atoms with Crippen LogP contribution in [0.1, 0.15) is 0 Å². The van der Waals surface area contributed by atoms with E-state index in [4.69, 9.17) is 4.42 Å². The summed E-state index contributed by atoms with van der Waals surface area (Å²) in [5.41, 5.74) is 9.12. The van der Waals surface area contributed by atoms with Crippen molar-refractivity contribution in [2.75, 3.05) is 0 Å². The van der Waals surface area contributed by atoms with Gasteiger partial charge in [-0.05, 0) is 71.4 Å². The van der Waals surface area contributed by atoms with Crippen LogP contribution in [0.2, 0.25) is 0 Å². The normalized spacial score (nSPS) is 11.8. The maximum absolute atomic E-state index is 6.65. The topological polar surface area (TPSA) is 13.1 Å². The quantitative estimate of drug-likeness (QED) is 0.146. The highest BCUT2D eigenvalue weighted by molar-refractivity contribution is 6.29. The minimum atomic E-state index is 0.913. The van der Waals surface area contributed by atoms with Crippen molar-refractivity contribution in [2.24, 2.45) is 0 Å². The van der Waals surface area contributed by atoms with Gasteiger partial charge in [-0.1, -0.05) is 164 Å². The zero-order valence-electron chi connectivity index (χ0n) is 25.6. The zero-order valence-corrected chi connectivity index (χ0v) is 25.6. The van der Waals surface area contributed by atoms with Crippen LogP contribution in [0, 0.1) is 0 Å². The summed E-state index contributed by atoms with van der Waals surface area (Å²) in [7, 11) is 0. The number of benzene rings is 9. The summed E-state index contributed by atoms with van der Waals surface area (Å²) in [5, 5.41) is 12.2. The third-order valence-electron chi connectivity index (χ3n) is 9.86. The molecule has 0 atom stereocenters. The van der Waals surface area contributed by atoms with E-state index in [-0.39, 0.29) is 0 Å². The molecule has 0 radical (unpaired) electrons. The highest BCUT2D eigenvalue weighted by Gasteiger charge is 2.21. The van der Waals surface area contributed by atoms with Gasteiger partial charge in [0.05, 0.1) is 0 Å². The Hall–Kier alpha value is -6.18. The molecule has 0 aliphatic rings. The molecule has 0 saturated carbocycles. The fourth-order valence-electron chi connectivity index (χ4n) is 7.78. The highest BCUT2D eigenvalue weighted by Crippen LogP contribution is 2.48. The van der Waals surface area contributed by atoms with Crippen LogP contribution in [0.3, 0.4) is 0 Å². The molecule has 0 fully saturated rings. The van der Waals surface area contributed by atoms with Gasteiger partial charge in [-0.15, -0.1) is 0 Å². The lowest BCUT2D eigenvalue weighted by Crippen LogP contribution is -1.92. The first kappa shape index (κ1) is 26.1. The van der Waals surface area contributed by atoms with E-state index in [9.17, 15) is 0 Å². The fourth-order valence-corrected chi connectivity index (χ4v) is 7.78. The van der Waals surface area contributed by atoms with Crippen LogP contribution in [0.5, 0.6) is 0 Å². The van der Waals surface area contributed by atoms with Gasteiger partial charge in [-0.3, -0.25) is 0 Å². The van der Waals surface area contributed by atoms with Crippen LogP contribution in [0.25, 0.3) is 98.4 Å². The molecule has 0 aliphatic heterocycles. The lowest BCUT2D eigenvalue weighted by atomic mass is 9.83. The van der Waals surface area contributed by atoms with Crippen molar-refractivity contribution < 1.29 is 4.42 Å². The van der Waals surface area contributed by atoms with Gasteiger partial charge in [0, 0.05) is 21.9 Å². The molecule has 1 nitrogen and oxygen atoms in total. The maximum Gasteiger partial charge on any atom is 0.143 e. The van der Waals surface area contributed by atoms with Gasteiger partial charge >= 0.3 is 0 Å². The number of hydrogen-bond donors (Lipinski definition) is 0. The molecule has 0 aliphatic carbocycles. The number of para-hydroxylation sites is 2. The summed E-state index contributed by atoms with van der Waals surface area (Å²) in [6, 6.07) is 61.5. The summed E-state index contributed by atoms with van der Waals surface area (Å²) >= 11 is 0. The van der Waals surface area contributed by atoms with Crippen molar-refractivity contribution in [3.63, 3.8) is 0 Å². The Morgan fingerprint density at radius 2 is 0.851 bits per heavy atom. The number of hydrogen-bond acceptors (Lipinski definition) is 1. The molecule has 0 spiro atoms. The lowest BCUT2D eigenvalue weighted by Gasteiger charge is -2.19. The van der Waals surface area contributed by atoms with E-state index in [0.717, 1.165) is 27.5 Å². The van der Waals surface area contributed by atoms with Gasteiger partial charge in [0.1, 0.15) is 11.2 Å². The van der Waals surface area contributed by atoms with Crippen LogP contribution in [-0.4, -0.2) is 0 Å². The maximum atomic E-state index is 6.65. The summed E-state index contributed by atoms with van der Waals surface area (Å²) < 4.78 is 6.65. The second-order valence-electron chi connectivity index (χ2n) is 12.4. The van der Waals surface area contributed by atoms with E-state index in [1.807, 2.05) is 6.07 Å². The minimum absolute atomic E-state index is 0.913. The number of rotatable bonds is 3. The molecule has 10 rings (SSSR count). The summed E-state index contributed by atoms with van der Waals surface area (Å²) in [6.07, 6.45) is 0. The first-order valence-electron chi connectivity index (χ1n) is 16.2. The Kier molecular flexibility index (Phi) is 5.64. The third-order valence-corrected chi connectivity index (χ3v) is 9.86. The van der Waals surface area contributed by atoms with Crippen LogP contribution >= 0.6 is 0 Å². The molecule has 9 aromatic carbocycles. The first-order valence-corrected chi connectivity index (χ1v) is 16.2. The lowest BCUT2D eigenvalue weighted by molar-refractivity contribution is 0.670. The van der Waals surface area contributed by atoms with E-state index >= 15 is 0 Å². The Labute approximate surface area is 271 Å². The van der Waals surface area contributed by atoms with E-state index < -0.39 is 0 Å². The Morgan fingerprint density at radius 1 is 0.298 bits per heavy atom. The van der Waals surface area contributed by atoms with Gasteiger partial charge in [-0.25, -0.2) is 0 Å². The molecule has 1 heteroatoms. The van der Waals surface area contributed by atoms with E-state index in [1.165, 1.54) is 70.9 Å². The van der Waals surface area contributed by atoms with Crippen LogP contribution in [0.15, 0.2) is 174 Å². The van der Waals surface area contributed by atoms with Crippen molar-refractivity contribution in [3.8, 4) is 33.4 Å². The standard InChI is InChI=1S/C46H28O/c1-3-14-33-29(11-1)13-9-19-34(33)31-23-25-32(26-24-31)43-37-17-5-6-18-38(37)45(44-35-15-4-2-12-30(35)27-28-40(43)44)41-21-10-20-39-36-16-7-8-22-42(36)47-46(39)41/h1-28H. The molecule has 1 aromatic heterocycles. The average molecular weight is 597 g/mol. The molecule has 10 aromatic rings. The molecule has 0 amide bonds. The van der Waals surface area contributed by atoms with Crippen molar-refractivity contribution in [1.82, 2.24) is 0 Å². The largest absolute Gasteiger partial charge is 0.455 e. The van der Waals surface area contributed by atoms with Crippen LogP contribution in [0.4, 0.5) is 0 Å². The Morgan fingerprint density at radius 3 is 1.66 bits per heavy atom. The molecular formula is C46H28O. The van der Waals surface area contributed by atoms with Crippen molar-refractivity contribution in [1.29, 1.82) is 0 Å². The molecule has 0 bridgehead atoms. The third kappa shape index (κ3) is 3.90. The Bertz CT molecular complexity index is 2830. The number of fused-ring (bicyclic) bond motifs is 8. The van der Waals surface area contributed by atoms with Crippen molar-refractivity contribution >= 4 is 65.0 Å². The minimum Gasteiger partial charge on any atom is -0.455 e. The van der Waals surface area contributed by atoms with E-state index in [1.54, 1.807) is 0 Å².